The summed E-state index contributed by atoms with van der Waals surface area (Å²) in [6, 6.07) is 3.64. The molecule has 0 aliphatic carbocycles. The van der Waals surface area contributed by atoms with E-state index in [2.05, 4.69) is 5.32 Å². The summed E-state index contributed by atoms with van der Waals surface area (Å²) < 4.78 is 0. The number of β-amino-alcohol motifs (C(OH)–C–C–N with tert-alkyl or cyclic N) is 1. The number of likely N-dealkylation sites (tertiary alicyclic amines) is 1. The molecule has 2 rings (SSSR count). The summed E-state index contributed by atoms with van der Waals surface area (Å²) in [5, 5.41) is 12.6. The number of piperidine rings is 1. The molecule has 2 heterocycles. The van der Waals surface area contributed by atoms with Crippen LogP contribution in [0.2, 0.25) is 0 Å². The van der Waals surface area contributed by atoms with Crippen molar-refractivity contribution < 1.29 is 14.7 Å². The minimum absolute atomic E-state index is 0.0324. The van der Waals surface area contributed by atoms with Crippen molar-refractivity contribution in [3.63, 3.8) is 0 Å². The zero-order valence-electron chi connectivity index (χ0n) is 11.8. The van der Waals surface area contributed by atoms with Gasteiger partial charge in [0.2, 0.25) is 5.91 Å². The highest BCUT2D eigenvalue weighted by Gasteiger charge is 2.28. The van der Waals surface area contributed by atoms with Gasteiger partial charge in [-0.3, -0.25) is 9.59 Å². The number of rotatable bonds is 3. The minimum atomic E-state index is -0.438. The smallest absolute Gasteiger partial charge is 0.264 e. The Labute approximate surface area is 122 Å². The Morgan fingerprint density at radius 2 is 2.25 bits per heavy atom. The summed E-state index contributed by atoms with van der Waals surface area (Å²) in [7, 11) is 0. The monoisotopic (exact) mass is 296 g/mol. The number of carbonyl (C=O) groups excluding carboxylic acids is 2. The molecule has 110 valence electrons. The molecule has 2 amide bonds. The quantitative estimate of drug-likeness (QED) is 0.881. The Kier molecular flexibility index (Phi) is 4.77. The summed E-state index contributed by atoms with van der Waals surface area (Å²) in [5.74, 6) is 0.132. The average Bonchev–Trinajstić information content (AvgIpc) is 2.87. The second-order valence-electron chi connectivity index (χ2n) is 5.26. The molecule has 6 heteroatoms. The van der Waals surface area contributed by atoms with E-state index in [1.807, 2.05) is 13.0 Å². The lowest BCUT2D eigenvalue weighted by Gasteiger charge is -2.34. The standard InChI is InChI=1S/C14H20N2O3S/c1-9-5-6-16(8-12(9)18)14(19)13-4-3-11(20-13)7-15-10(2)17/h3-4,9,12,18H,5-8H2,1-2H3,(H,15,17). The zero-order valence-corrected chi connectivity index (χ0v) is 12.6. The van der Waals surface area contributed by atoms with Gasteiger partial charge in [-0.05, 0) is 24.5 Å². The molecule has 1 aliphatic rings. The summed E-state index contributed by atoms with van der Waals surface area (Å²) in [6.45, 7) is 5.01. The van der Waals surface area contributed by atoms with Crippen molar-refractivity contribution in [2.75, 3.05) is 13.1 Å². The van der Waals surface area contributed by atoms with Crippen LogP contribution in [0.4, 0.5) is 0 Å². The molecule has 0 spiro atoms. The lowest BCUT2D eigenvalue weighted by atomic mass is 9.96. The Morgan fingerprint density at radius 1 is 1.50 bits per heavy atom. The molecule has 1 aromatic heterocycles. The molecular weight excluding hydrogens is 276 g/mol. The predicted molar refractivity (Wildman–Crippen MR) is 77.5 cm³/mol. The highest BCUT2D eigenvalue weighted by Crippen LogP contribution is 2.22. The topological polar surface area (TPSA) is 69.6 Å². The van der Waals surface area contributed by atoms with Gasteiger partial charge in [-0.2, -0.15) is 0 Å². The van der Waals surface area contributed by atoms with E-state index in [0.29, 0.717) is 24.5 Å². The molecule has 1 aliphatic heterocycles. The van der Waals surface area contributed by atoms with Gasteiger partial charge in [-0.15, -0.1) is 11.3 Å². The summed E-state index contributed by atoms with van der Waals surface area (Å²) >= 11 is 1.39. The van der Waals surface area contributed by atoms with Gasteiger partial charge < -0.3 is 15.3 Å². The molecule has 0 radical (unpaired) electrons. The van der Waals surface area contributed by atoms with E-state index in [1.54, 1.807) is 11.0 Å². The highest BCUT2D eigenvalue weighted by atomic mass is 32.1. The molecule has 2 N–H and O–H groups in total. The van der Waals surface area contributed by atoms with Crippen molar-refractivity contribution in [3.8, 4) is 0 Å². The van der Waals surface area contributed by atoms with Gasteiger partial charge in [-0.25, -0.2) is 0 Å². The summed E-state index contributed by atoms with van der Waals surface area (Å²) in [6.07, 6.45) is 0.392. The zero-order chi connectivity index (χ0) is 14.7. The van der Waals surface area contributed by atoms with E-state index in [1.165, 1.54) is 18.3 Å². The Bertz CT molecular complexity index is 500. The van der Waals surface area contributed by atoms with Crippen LogP contribution in [0.1, 0.15) is 34.8 Å². The molecule has 0 aromatic carbocycles. The number of nitrogens with zero attached hydrogens (tertiary/aromatic N) is 1. The third-order valence-electron chi connectivity index (χ3n) is 3.59. The Hall–Kier alpha value is -1.40. The van der Waals surface area contributed by atoms with E-state index >= 15 is 0 Å². The Morgan fingerprint density at radius 3 is 2.90 bits per heavy atom. The summed E-state index contributed by atoms with van der Waals surface area (Å²) in [4.78, 5) is 26.5. The van der Waals surface area contributed by atoms with Gasteiger partial charge in [0.25, 0.3) is 5.91 Å². The van der Waals surface area contributed by atoms with E-state index in [9.17, 15) is 14.7 Å². The summed E-state index contributed by atoms with van der Waals surface area (Å²) in [5.41, 5.74) is 0. The maximum absolute atomic E-state index is 12.3. The van der Waals surface area contributed by atoms with E-state index in [-0.39, 0.29) is 17.7 Å². The molecule has 2 atom stereocenters. The first-order chi connectivity index (χ1) is 9.47. The molecule has 1 saturated heterocycles. The van der Waals surface area contributed by atoms with E-state index in [0.717, 1.165) is 11.3 Å². The van der Waals surface area contributed by atoms with Crippen LogP contribution in [0, 0.1) is 5.92 Å². The van der Waals surface area contributed by atoms with Crippen molar-refractivity contribution in [2.45, 2.75) is 32.9 Å². The van der Waals surface area contributed by atoms with Crippen LogP contribution in [-0.4, -0.2) is 41.0 Å². The number of hydrogen-bond acceptors (Lipinski definition) is 4. The predicted octanol–water partition coefficient (Wildman–Crippen LogP) is 1.23. The molecule has 0 bridgehead atoms. The Balaban J connectivity index is 1.97. The van der Waals surface area contributed by atoms with Gasteiger partial charge in [0, 0.05) is 24.9 Å². The number of carbonyl (C=O) groups is 2. The number of nitrogens with one attached hydrogen (secondary N) is 1. The number of aliphatic hydroxyl groups excluding tert-OH is 1. The molecule has 0 saturated carbocycles. The third kappa shape index (κ3) is 3.58. The van der Waals surface area contributed by atoms with Crippen molar-refractivity contribution in [1.29, 1.82) is 0 Å². The van der Waals surface area contributed by atoms with Crippen LogP contribution < -0.4 is 5.32 Å². The van der Waals surface area contributed by atoms with Crippen molar-refractivity contribution >= 4 is 23.2 Å². The molecule has 1 aromatic rings. The molecule has 2 unspecified atom stereocenters. The lowest BCUT2D eigenvalue weighted by molar-refractivity contribution is -0.119. The SMILES string of the molecule is CC(=O)NCc1ccc(C(=O)N2CCC(C)C(O)C2)s1. The fourth-order valence-corrected chi connectivity index (χ4v) is 3.10. The third-order valence-corrected chi connectivity index (χ3v) is 4.66. The largest absolute Gasteiger partial charge is 0.391 e. The fraction of sp³-hybridized carbons (Fsp3) is 0.571. The first-order valence-electron chi connectivity index (χ1n) is 6.78. The molecule has 5 nitrogen and oxygen atoms in total. The normalized spacial score (nSPS) is 22.6. The number of hydrogen-bond donors (Lipinski definition) is 2. The van der Waals surface area contributed by atoms with Gasteiger partial charge >= 0.3 is 0 Å². The van der Waals surface area contributed by atoms with Gasteiger partial charge in [-0.1, -0.05) is 6.92 Å². The maximum atomic E-state index is 12.3. The van der Waals surface area contributed by atoms with Crippen LogP contribution in [-0.2, 0) is 11.3 Å². The van der Waals surface area contributed by atoms with Gasteiger partial charge in [0.05, 0.1) is 17.5 Å². The van der Waals surface area contributed by atoms with Crippen LogP contribution in [0.5, 0.6) is 0 Å². The second kappa shape index (κ2) is 6.37. The van der Waals surface area contributed by atoms with Crippen LogP contribution in [0.25, 0.3) is 0 Å². The van der Waals surface area contributed by atoms with Crippen LogP contribution in [0.3, 0.4) is 0 Å². The lowest BCUT2D eigenvalue weighted by Crippen LogP contribution is -2.45. The second-order valence-corrected chi connectivity index (χ2v) is 6.43. The fourth-order valence-electron chi connectivity index (χ4n) is 2.19. The minimum Gasteiger partial charge on any atom is -0.391 e. The van der Waals surface area contributed by atoms with E-state index in [4.69, 9.17) is 0 Å². The maximum Gasteiger partial charge on any atom is 0.264 e. The molecular formula is C14H20N2O3S. The van der Waals surface area contributed by atoms with Crippen LogP contribution >= 0.6 is 11.3 Å². The van der Waals surface area contributed by atoms with Crippen molar-refractivity contribution in [1.82, 2.24) is 10.2 Å². The number of amides is 2. The van der Waals surface area contributed by atoms with Crippen LogP contribution in [0.15, 0.2) is 12.1 Å². The van der Waals surface area contributed by atoms with Gasteiger partial charge in [0.15, 0.2) is 0 Å². The van der Waals surface area contributed by atoms with E-state index < -0.39 is 6.10 Å². The first kappa shape index (κ1) is 15.0. The van der Waals surface area contributed by atoms with Crippen molar-refractivity contribution in [3.05, 3.63) is 21.9 Å². The molecule has 20 heavy (non-hydrogen) atoms. The number of aliphatic hydroxyl groups is 1. The first-order valence-corrected chi connectivity index (χ1v) is 7.59. The van der Waals surface area contributed by atoms with Gasteiger partial charge in [0.1, 0.15) is 0 Å². The molecule has 1 fully saturated rings. The highest BCUT2D eigenvalue weighted by molar-refractivity contribution is 7.14. The number of thiophene rings is 1. The van der Waals surface area contributed by atoms with Crippen molar-refractivity contribution in [2.24, 2.45) is 5.92 Å². The average molecular weight is 296 g/mol.